The zero-order valence-corrected chi connectivity index (χ0v) is 13.2. The van der Waals surface area contributed by atoms with Crippen LogP contribution in [0.3, 0.4) is 0 Å². The minimum absolute atomic E-state index is 0.00174. The Morgan fingerprint density at radius 2 is 2.19 bits per heavy atom. The third kappa shape index (κ3) is 3.03. The number of anilines is 1. The van der Waals surface area contributed by atoms with Gasteiger partial charge in [0.1, 0.15) is 5.69 Å². The third-order valence-corrected chi connectivity index (χ3v) is 3.93. The molecule has 2 rings (SSSR count). The van der Waals surface area contributed by atoms with E-state index in [0.717, 1.165) is 12.2 Å². The van der Waals surface area contributed by atoms with Crippen molar-refractivity contribution < 1.29 is 9.90 Å². The molecule has 7 heteroatoms. The van der Waals surface area contributed by atoms with Crippen molar-refractivity contribution in [3.8, 4) is 0 Å². The van der Waals surface area contributed by atoms with Gasteiger partial charge in [0.2, 0.25) is 0 Å². The molecule has 1 aliphatic heterocycles. The zero-order chi connectivity index (χ0) is 15.7. The highest BCUT2D eigenvalue weighted by Gasteiger charge is 2.37. The van der Waals surface area contributed by atoms with Crippen molar-refractivity contribution in [2.45, 2.75) is 31.9 Å². The first-order chi connectivity index (χ1) is 9.85. The number of nitrogen functional groups attached to an aromatic ring is 1. The van der Waals surface area contributed by atoms with Gasteiger partial charge in [-0.1, -0.05) is 6.92 Å². The maximum Gasteiger partial charge on any atom is 0.274 e. The number of aliphatic hydroxyl groups excluding tert-OH is 1. The summed E-state index contributed by atoms with van der Waals surface area (Å²) >= 11 is 0. The number of likely N-dealkylation sites (N-methyl/N-ethyl adjacent to an activating group) is 1. The second kappa shape index (κ2) is 6.03. The summed E-state index contributed by atoms with van der Waals surface area (Å²) in [7, 11) is 5.65. The molecule has 1 aromatic rings. The van der Waals surface area contributed by atoms with Gasteiger partial charge < -0.3 is 20.6 Å². The Morgan fingerprint density at radius 3 is 2.71 bits per heavy atom. The normalized spacial score (nSPS) is 22.3. The minimum atomic E-state index is -0.473. The monoisotopic (exact) mass is 295 g/mol. The average Bonchev–Trinajstić information content (AvgIpc) is 2.88. The third-order valence-electron chi connectivity index (χ3n) is 3.93. The molecule has 1 aromatic heterocycles. The molecule has 1 amide bonds. The summed E-state index contributed by atoms with van der Waals surface area (Å²) in [5.41, 5.74) is 7.68. The van der Waals surface area contributed by atoms with E-state index in [1.165, 1.54) is 0 Å². The Labute approximate surface area is 125 Å². The van der Waals surface area contributed by atoms with E-state index < -0.39 is 6.10 Å². The number of nitrogens with zero attached hydrogens (tertiary/aromatic N) is 4. The van der Waals surface area contributed by atoms with Crippen LogP contribution < -0.4 is 5.73 Å². The second-order valence-corrected chi connectivity index (χ2v) is 5.95. The molecule has 2 heterocycles. The molecule has 118 valence electrons. The van der Waals surface area contributed by atoms with E-state index in [2.05, 4.69) is 5.10 Å². The fourth-order valence-electron chi connectivity index (χ4n) is 2.98. The number of β-amino-alcohol motifs (C(OH)–C–C–N with tert-alkyl or cyclic N) is 1. The Bertz CT molecular complexity index is 526. The number of aliphatic hydroxyl groups is 1. The van der Waals surface area contributed by atoms with Crippen LogP contribution in [0, 0.1) is 0 Å². The molecular formula is C14H25N5O2. The molecule has 7 nitrogen and oxygen atoms in total. The van der Waals surface area contributed by atoms with Crippen molar-refractivity contribution >= 4 is 11.6 Å². The van der Waals surface area contributed by atoms with Crippen LogP contribution in [0.2, 0.25) is 0 Å². The molecule has 3 N–H and O–H groups in total. The molecule has 0 aromatic carbocycles. The molecule has 0 radical (unpaired) electrons. The van der Waals surface area contributed by atoms with Gasteiger partial charge in [-0.15, -0.1) is 0 Å². The summed E-state index contributed by atoms with van der Waals surface area (Å²) in [6.07, 6.45) is 0.818. The van der Waals surface area contributed by atoms with Gasteiger partial charge in [0.25, 0.3) is 5.91 Å². The van der Waals surface area contributed by atoms with Gasteiger partial charge in [-0.25, -0.2) is 0 Å². The topological polar surface area (TPSA) is 87.6 Å². The van der Waals surface area contributed by atoms with Crippen molar-refractivity contribution in [2.24, 2.45) is 7.05 Å². The van der Waals surface area contributed by atoms with Crippen LogP contribution in [0.15, 0.2) is 0 Å². The molecule has 0 bridgehead atoms. The fraction of sp³-hybridized carbons (Fsp3) is 0.714. The van der Waals surface area contributed by atoms with Gasteiger partial charge >= 0.3 is 0 Å². The number of aromatic nitrogens is 2. The van der Waals surface area contributed by atoms with Crippen molar-refractivity contribution in [1.82, 2.24) is 19.6 Å². The Balaban J connectivity index is 2.28. The SMILES string of the molecule is CCc1nn(C)c(C(=O)N2CC(O)CC2CN(C)C)c1N. The fourth-order valence-corrected chi connectivity index (χ4v) is 2.98. The zero-order valence-electron chi connectivity index (χ0n) is 13.2. The Hall–Kier alpha value is -1.60. The van der Waals surface area contributed by atoms with Crippen molar-refractivity contribution in [1.29, 1.82) is 0 Å². The number of amides is 1. The number of hydrogen-bond acceptors (Lipinski definition) is 5. The predicted octanol–water partition coefficient (Wildman–Crippen LogP) is -0.298. The van der Waals surface area contributed by atoms with Crippen LogP contribution in [0.4, 0.5) is 5.69 Å². The van der Waals surface area contributed by atoms with Gasteiger partial charge in [0.05, 0.1) is 17.5 Å². The molecule has 21 heavy (non-hydrogen) atoms. The number of aryl methyl sites for hydroxylation is 2. The average molecular weight is 295 g/mol. The Morgan fingerprint density at radius 1 is 1.52 bits per heavy atom. The first-order valence-electron chi connectivity index (χ1n) is 7.30. The number of carbonyl (C=O) groups excluding carboxylic acids is 1. The van der Waals surface area contributed by atoms with Crippen LogP contribution in [0.1, 0.15) is 29.5 Å². The molecule has 0 saturated carbocycles. The van der Waals surface area contributed by atoms with Crippen LogP contribution >= 0.6 is 0 Å². The van der Waals surface area contributed by atoms with Gasteiger partial charge in [-0.2, -0.15) is 5.10 Å². The first-order valence-corrected chi connectivity index (χ1v) is 7.30. The highest BCUT2D eigenvalue weighted by atomic mass is 16.3. The Kier molecular flexibility index (Phi) is 4.53. The molecule has 0 spiro atoms. The number of nitrogens with two attached hydrogens (primary N) is 1. The van der Waals surface area contributed by atoms with Gasteiger partial charge in [0.15, 0.2) is 0 Å². The molecular weight excluding hydrogens is 270 g/mol. The number of rotatable bonds is 4. The van der Waals surface area contributed by atoms with E-state index in [-0.39, 0.29) is 11.9 Å². The highest BCUT2D eigenvalue weighted by molar-refractivity contribution is 5.98. The lowest BCUT2D eigenvalue weighted by Gasteiger charge is -2.26. The lowest BCUT2D eigenvalue weighted by atomic mass is 10.2. The number of hydrogen-bond donors (Lipinski definition) is 2. The summed E-state index contributed by atoms with van der Waals surface area (Å²) in [5, 5.41) is 14.2. The lowest BCUT2D eigenvalue weighted by Crippen LogP contribution is -2.42. The van der Waals surface area contributed by atoms with Gasteiger partial charge in [-0.3, -0.25) is 9.48 Å². The van der Waals surface area contributed by atoms with Crippen LogP contribution in [0.25, 0.3) is 0 Å². The maximum absolute atomic E-state index is 12.8. The largest absolute Gasteiger partial charge is 0.395 e. The van der Waals surface area contributed by atoms with Crippen molar-refractivity contribution in [2.75, 3.05) is 32.9 Å². The standard InChI is InChI=1S/C14H25N5O2/c1-5-11-12(15)13(18(4)16-11)14(21)19-8-10(20)6-9(19)7-17(2)3/h9-10,20H,5-8,15H2,1-4H3. The molecule has 1 aliphatic rings. The van der Waals surface area contributed by atoms with E-state index in [9.17, 15) is 9.90 Å². The van der Waals surface area contributed by atoms with E-state index in [4.69, 9.17) is 5.73 Å². The summed E-state index contributed by atoms with van der Waals surface area (Å²) in [5.74, 6) is -0.148. The predicted molar refractivity (Wildman–Crippen MR) is 81.0 cm³/mol. The van der Waals surface area contributed by atoms with E-state index in [1.54, 1.807) is 16.6 Å². The van der Waals surface area contributed by atoms with E-state index >= 15 is 0 Å². The molecule has 1 fully saturated rings. The van der Waals surface area contributed by atoms with Gasteiger partial charge in [0, 0.05) is 26.2 Å². The highest BCUT2D eigenvalue weighted by Crippen LogP contribution is 2.25. The lowest BCUT2D eigenvalue weighted by molar-refractivity contribution is 0.0689. The summed E-state index contributed by atoms with van der Waals surface area (Å²) in [6, 6.07) is 0.00174. The number of likely N-dealkylation sites (tertiary alicyclic amines) is 1. The molecule has 2 atom stereocenters. The molecule has 2 unspecified atom stereocenters. The smallest absolute Gasteiger partial charge is 0.274 e. The summed E-state index contributed by atoms with van der Waals surface area (Å²) in [4.78, 5) is 16.6. The van der Waals surface area contributed by atoms with Crippen LogP contribution in [0.5, 0.6) is 0 Å². The molecule has 0 aliphatic carbocycles. The molecule has 1 saturated heterocycles. The first kappa shape index (κ1) is 15.8. The van der Waals surface area contributed by atoms with Gasteiger partial charge in [-0.05, 0) is 26.9 Å². The number of carbonyl (C=O) groups is 1. The summed E-state index contributed by atoms with van der Waals surface area (Å²) in [6.45, 7) is 3.03. The van der Waals surface area contributed by atoms with E-state index in [1.807, 2.05) is 25.9 Å². The van der Waals surface area contributed by atoms with Crippen LogP contribution in [-0.2, 0) is 13.5 Å². The maximum atomic E-state index is 12.8. The summed E-state index contributed by atoms with van der Waals surface area (Å²) < 4.78 is 1.55. The van der Waals surface area contributed by atoms with Crippen molar-refractivity contribution in [3.63, 3.8) is 0 Å². The minimum Gasteiger partial charge on any atom is -0.395 e. The van der Waals surface area contributed by atoms with E-state index in [0.29, 0.717) is 30.8 Å². The quantitative estimate of drug-likeness (QED) is 0.796. The van der Waals surface area contributed by atoms with Crippen LogP contribution in [-0.4, -0.2) is 69.9 Å². The van der Waals surface area contributed by atoms with Crippen molar-refractivity contribution in [3.05, 3.63) is 11.4 Å². The second-order valence-electron chi connectivity index (χ2n) is 5.95.